The molecule has 2 amide bonds. The molecule has 5 nitrogen and oxygen atoms in total. The van der Waals surface area contributed by atoms with Crippen LogP contribution in [0.2, 0.25) is 0 Å². The summed E-state index contributed by atoms with van der Waals surface area (Å²) in [6.07, 6.45) is 0.807. The van der Waals surface area contributed by atoms with Crippen LogP contribution in [0.4, 0.5) is 0 Å². The molecule has 0 fully saturated rings. The Morgan fingerprint density at radius 1 is 1.09 bits per heavy atom. The fourth-order valence-corrected chi connectivity index (χ4v) is 6.07. The zero-order valence-electron chi connectivity index (χ0n) is 21.5. The van der Waals surface area contributed by atoms with E-state index < -0.39 is 11.6 Å². The third kappa shape index (κ3) is 6.04. The second-order valence-electron chi connectivity index (χ2n) is 11.4. The number of benzene rings is 2. The highest BCUT2D eigenvalue weighted by molar-refractivity contribution is 8.00. The van der Waals surface area contributed by atoms with Gasteiger partial charge in [0.1, 0.15) is 11.1 Å². The number of hydrogen-bond acceptors (Lipinski definition) is 4. The number of nitrogens with one attached hydrogen (secondary N) is 1. The molecule has 3 aromatic rings. The van der Waals surface area contributed by atoms with Gasteiger partial charge in [0.25, 0.3) is 0 Å². The van der Waals surface area contributed by atoms with Crippen molar-refractivity contribution in [2.24, 2.45) is 5.41 Å². The zero-order chi connectivity index (χ0) is 25.4. The summed E-state index contributed by atoms with van der Waals surface area (Å²) in [5, 5.41) is 5.00. The van der Waals surface area contributed by atoms with Crippen molar-refractivity contribution >= 4 is 34.5 Å². The van der Waals surface area contributed by atoms with E-state index in [0.717, 1.165) is 39.0 Å². The van der Waals surface area contributed by atoms with Crippen molar-refractivity contribution in [3.63, 3.8) is 0 Å². The highest BCUT2D eigenvalue weighted by Crippen LogP contribution is 2.38. The van der Waals surface area contributed by atoms with Gasteiger partial charge in [0.2, 0.25) is 11.8 Å². The number of aryl methyl sites for hydroxylation is 1. The summed E-state index contributed by atoms with van der Waals surface area (Å²) in [6.45, 7) is 13.0. The molecule has 6 heteroatoms. The molecule has 1 aliphatic rings. The van der Waals surface area contributed by atoms with E-state index in [4.69, 9.17) is 4.98 Å². The first-order valence-electron chi connectivity index (χ1n) is 12.1. The minimum Gasteiger partial charge on any atom is -0.349 e. The molecule has 0 spiro atoms. The van der Waals surface area contributed by atoms with E-state index in [1.165, 1.54) is 11.8 Å². The summed E-state index contributed by atoms with van der Waals surface area (Å²) >= 11 is 1.42. The number of nitrogens with zero attached hydrogens (tertiary/aromatic N) is 2. The largest absolute Gasteiger partial charge is 0.349 e. The van der Waals surface area contributed by atoms with Gasteiger partial charge in [0.15, 0.2) is 0 Å². The third-order valence-electron chi connectivity index (χ3n) is 6.10. The van der Waals surface area contributed by atoms with E-state index in [1.54, 1.807) is 4.90 Å². The maximum atomic E-state index is 14.0. The Hall–Kier alpha value is -2.86. The lowest BCUT2D eigenvalue weighted by molar-refractivity contribution is -0.140. The summed E-state index contributed by atoms with van der Waals surface area (Å²) in [4.78, 5) is 34.1. The topological polar surface area (TPSA) is 62.3 Å². The predicted molar refractivity (Wildman–Crippen MR) is 143 cm³/mol. The zero-order valence-corrected chi connectivity index (χ0v) is 22.3. The first kappa shape index (κ1) is 25.2. The monoisotopic (exact) mass is 489 g/mol. The van der Waals surface area contributed by atoms with E-state index in [1.807, 2.05) is 63.2 Å². The fourth-order valence-electron chi connectivity index (χ4n) is 5.15. The van der Waals surface area contributed by atoms with Crippen LogP contribution >= 0.6 is 11.8 Å². The molecule has 0 aliphatic carbocycles. The first-order valence-corrected chi connectivity index (χ1v) is 13.1. The van der Waals surface area contributed by atoms with Gasteiger partial charge in [-0.15, -0.1) is 0 Å². The number of amides is 2. The highest BCUT2D eigenvalue weighted by Gasteiger charge is 2.39. The number of carbonyl (C=O) groups excluding carboxylic acids is 2. The lowest BCUT2D eigenvalue weighted by atomic mass is 9.81. The van der Waals surface area contributed by atoms with Crippen LogP contribution in [0, 0.1) is 12.3 Å². The van der Waals surface area contributed by atoms with Gasteiger partial charge in [0, 0.05) is 23.0 Å². The Morgan fingerprint density at radius 2 is 1.80 bits per heavy atom. The van der Waals surface area contributed by atoms with Crippen molar-refractivity contribution in [3.05, 3.63) is 71.3 Å². The molecule has 1 aliphatic heterocycles. The van der Waals surface area contributed by atoms with Crippen molar-refractivity contribution in [1.82, 2.24) is 15.2 Å². The summed E-state index contributed by atoms with van der Waals surface area (Å²) < 4.78 is 0. The van der Waals surface area contributed by atoms with Crippen molar-refractivity contribution in [2.45, 2.75) is 71.1 Å². The summed E-state index contributed by atoms with van der Waals surface area (Å²) in [5.41, 5.74) is 3.40. The van der Waals surface area contributed by atoms with Gasteiger partial charge in [-0.2, -0.15) is 0 Å². The van der Waals surface area contributed by atoms with Gasteiger partial charge in [-0.3, -0.25) is 9.59 Å². The second-order valence-corrected chi connectivity index (χ2v) is 12.4. The van der Waals surface area contributed by atoms with Crippen molar-refractivity contribution < 1.29 is 9.59 Å². The fraction of sp³-hybridized carbons (Fsp3) is 0.414. The molecular formula is C29H35N3O2S. The summed E-state index contributed by atoms with van der Waals surface area (Å²) in [7, 11) is 0. The Kier molecular flexibility index (Phi) is 6.96. The molecule has 1 N–H and O–H groups in total. The van der Waals surface area contributed by atoms with E-state index in [9.17, 15) is 9.59 Å². The van der Waals surface area contributed by atoms with Gasteiger partial charge in [-0.05, 0) is 56.4 Å². The van der Waals surface area contributed by atoms with E-state index >= 15 is 0 Å². The van der Waals surface area contributed by atoms with Crippen LogP contribution in [0.25, 0.3) is 10.9 Å². The molecule has 0 saturated heterocycles. The number of hydrogen-bond donors (Lipinski definition) is 1. The minimum absolute atomic E-state index is 0.0445. The van der Waals surface area contributed by atoms with Crippen LogP contribution in [-0.2, 0) is 16.1 Å². The maximum absolute atomic E-state index is 14.0. The van der Waals surface area contributed by atoms with E-state index in [2.05, 4.69) is 38.2 Å². The van der Waals surface area contributed by atoms with Gasteiger partial charge in [-0.1, -0.05) is 74.5 Å². The van der Waals surface area contributed by atoms with E-state index in [0.29, 0.717) is 6.54 Å². The molecule has 1 atom stereocenters. The Morgan fingerprint density at radius 3 is 2.49 bits per heavy atom. The quantitative estimate of drug-likeness (QED) is 0.474. The van der Waals surface area contributed by atoms with Crippen molar-refractivity contribution in [3.8, 4) is 0 Å². The molecule has 4 rings (SSSR count). The average Bonchev–Trinajstić information content (AvgIpc) is 2.87. The average molecular weight is 490 g/mol. The lowest BCUT2D eigenvalue weighted by Crippen LogP contribution is -2.51. The van der Waals surface area contributed by atoms with Crippen molar-refractivity contribution in [1.29, 1.82) is 0 Å². The molecule has 0 radical (unpaired) electrons. The molecule has 184 valence electrons. The van der Waals surface area contributed by atoms with Crippen LogP contribution in [0.1, 0.15) is 63.8 Å². The van der Waals surface area contributed by atoms with Gasteiger partial charge >= 0.3 is 0 Å². The number of thioether (sulfide) groups is 1. The van der Waals surface area contributed by atoms with Crippen LogP contribution < -0.4 is 5.32 Å². The highest BCUT2D eigenvalue weighted by atomic mass is 32.2. The Labute approximate surface area is 212 Å². The number of fused-ring (bicyclic) bond motifs is 2. The van der Waals surface area contributed by atoms with Gasteiger partial charge in [-0.25, -0.2) is 4.98 Å². The summed E-state index contributed by atoms with van der Waals surface area (Å²) in [5.74, 6) is 0.0197. The standard InChI is InChI=1S/C29H35N3O2S/c1-19-12-13-23-21(14-19)15-22-25(26(34)31-29(5,6)18-28(2,3)4)32(16-20-10-8-7-9-11-20)24(33)17-35-27(22)30-23/h7-15,25H,16-18H2,1-6H3,(H,31,34). The molecule has 2 aromatic carbocycles. The van der Waals surface area contributed by atoms with Crippen LogP contribution in [0.15, 0.2) is 59.6 Å². The van der Waals surface area contributed by atoms with Gasteiger partial charge < -0.3 is 10.2 Å². The molecule has 0 saturated carbocycles. The predicted octanol–water partition coefficient (Wildman–Crippen LogP) is 6.05. The Bertz CT molecular complexity index is 1250. The second kappa shape index (κ2) is 9.65. The van der Waals surface area contributed by atoms with Crippen LogP contribution in [-0.4, -0.2) is 33.0 Å². The molecule has 1 unspecified atom stereocenters. The van der Waals surface area contributed by atoms with Crippen LogP contribution in [0.5, 0.6) is 0 Å². The van der Waals surface area contributed by atoms with Crippen molar-refractivity contribution in [2.75, 3.05) is 5.75 Å². The van der Waals surface area contributed by atoms with E-state index in [-0.39, 0.29) is 23.0 Å². The molecule has 2 heterocycles. The number of carbonyl (C=O) groups is 2. The molecule has 1 aromatic heterocycles. The normalized spacial score (nSPS) is 16.7. The maximum Gasteiger partial charge on any atom is 0.247 e. The molecule has 35 heavy (non-hydrogen) atoms. The lowest BCUT2D eigenvalue weighted by Gasteiger charge is -2.37. The Balaban J connectivity index is 1.81. The summed E-state index contributed by atoms with van der Waals surface area (Å²) in [6, 6.07) is 17.3. The number of aromatic nitrogens is 1. The first-order chi connectivity index (χ1) is 16.4. The SMILES string of the molecule is Cc1ccc2nc3c(cc2c1)C(C(=O)NC(C)(C)CC(C)(C)C)N(Cc1ccccc1)C(=O)CS3. The number of pyridine rings is 1. The minimum atomic E-state index is -0.760. The van der Waals surface area contributed by atoms with Crippen LogP contribution in [0.3, 0.4) is 0 Å². The third-order valence-corrected chi connectivity index (χ3v) is 7.09. The number of rotatable bonds is 5. The molecular weight excluding hydrogens is 454 g/mol. The molecule has 0 bridgehead atoms. The smallest absolute Gasteiger partial charge is 0.247 e. The van der Waals surface area contributed by atoms with Gasteiger partial charge in [0.05, 0.1) is 11.3 Å².